The number of ether oxygens (including phenoxy) is 3. The molecule has 1 aliphatic heterocycles. The van der Waals surface area contributed by atoms with Crippen LogP contribution < -0.4 is 9.47 Å². The molecule has 1 radical (unpaired) electrons. The molecular formula is C30H38NO3. The fourth-order valence-electron chi connectivity index (χ4n) is 4.69. The predicted molar refractivity (Wildman–Crippen MR) is 140 cm³/mol. The van der Waals surface area contributed by atoms with Crippen LogP contribution in [0, 0.1) is 6.92 Å². The molecule has 0 aromatic heterocycles. The molecule has 3 aromatic carbocycles. The lowest BCUT2D eigenvalue weighted by molar-refractivity contribution is 0.0368. The standard InChI is InChI=1S/C30H38NO3/c1-4-28(25-12-6-5-11-24(25)23(2)3)34-30-16-10-13-26-27(30)14-9-15-29(26)33-20-8-7-17-31-18-21-32-22-19-31/h5-6,9-16,23,28H,1,4,7-8,17-22H2,2-3H3. The van der Waals surface area contributed by atoms with E-state index in [0.29, 0.717) is 12.3 Å². The van der Waals surface area contributed by atoms with Gasteiger partial charge in [-0.1, -0.05) is 62.4 Å². The van der Waals surface area contributed by atoms with Crippen LogP contribution in [0.3, 0.4) is 0 Å². The summed E-state index contributed by atoms with van der Waals surface area (Å²) in [5, 5.41) is 2.17. The third-order valence-corrected chi connectivity index (χ3v) is 6.57. The van der Waals surface area contributed by atoms with Crippen molar-refractivity contribution in [3.05, 3.63) is 78.7 Å². The first-order valence-electron chi connectivity index (χ1n) is 12.7. The molecule has 0 aliphatic carbocycles. The summed E-state index contributed by atoms with van der Waals surface area (Å²) < 4.78 is 18.2. The molecule has 0 spiro atoms. The van der Waals surface area contributed by atoms with E-state index in [-0.39, 0.29) is 6.10 Å². The van der Waals surface area contributed by atoms with Crippen molar-refractivity contribution in [2.24, 2.45) is 0 Å². The van der Waals surface area contributed by atoms with Crippen LogP contribution in [0.1, 0.15) is 56.3 Å². The van der Waals surface area contributed by atoms with E-state index in [1.807, 2.05) is 0 Å². The van der Waals surface area contributed by atoms with Crippen LogP contribution >= 0.6 is 0 Å². The Morgan fingerprint density at radius 1 is 0.853 bits per heavy atom. The molecule has 34 heavy (non-hydrogen) atoms. The molecule has 0 N–H and O–H groups in total. The fourth-order valence-corrected chi connectivity index (χ4v) is 4.69. The highest BCUT2D eigenvalue weighted by molar-refractivity contribution is 5.93. The molecule has 4 rings (SSSR count). The number of rotatable bonds is 11. The van der Waals surface area contributed by atoms with E-state index in [9.17, 15) is 0 Å². The first kappa shape index (κ1) is 24.6. The number of nitrogens with zero attached hydrogens (tertiary/aromatic N) is 1. The second kappa shape index (κ2) is 12.2. The van der Waals surface area contributed by atoms with E-state index in [2.05, 4.69) is 86.3 Å². The Morgan fingerprint density at radius 3 is 2.24 bits per heavy atom. The highest BCUT2D eigenvalue weighted by atomic mass is 16.5. The van der Waals surface area contributed by atoms with Crippen molar-refractivity contribution in [1.29, 1.82) is 0 Å². The largest absolute Gasteiger partial charge is 0.493 e. The van der Waals surface area contributed by atoms with Crippen LogP contribution in [0.4, 0.5) is 0 Å². The van der Waals surface area contributed by atoms with E-state index < -0.39 is 0 Å². The van der Waals surface area contributed by atoms with Gasteiger partial charge in [0.2, 0.25) is 0 Å². The Kier molecular flexibility index (Phi) is 8.84. The van der Waals surface area contributed by atoms with Crippen molar-refractivity contribution in [2.45, 2.75) is 45.1 Å². The lowest BCUT2D eigenvalue weighted by atomic mass is 9.93. The summed E-state index contributed by atoms with van der Waals surface area (Å²) in [6, 6.07) is 21.0. The highest BCUT2D eigenvalue weighted by Crippen LogP contribution is 2.36. The minimum absolute atomic E-state index is 0.0889. The number of fused-ring (bicyclic) bond motifs is 1. The van der Waals surface area contributed by atoms with Gasteiger partial charge in [0, 0.05) is 23.9 Å². The van der Waals surface area contributed by atoms with Crippen LogP contribution in [-0.4, -0.2) is 44.4 Å². The van der Waals surface area contributed by atoms with Crippen LogP contribution in [0.25, 0.3) is 10.8 Å². The zero-order chi connectivity index (χ0) is 23.8. The molecule has 0 amide bonds. The molecule has 3 aromatic rings. The molecule has 0 bridgehead atoms. The van der Waals surface area contributed by atoms with Gasteiger partial charge in [0.25, 0.3) is 0 Å². The van der Waals surface area contributed by atoms with Crippen molar-refractivity contribution in [3.63, 3.8) is 0 Å². The van der Waals surface area contributed by atoms with Crippen LogP contribution in [0.15, 0.2) is 60.7 Å². The van der Waals surface area contributed by atoms with Gasteiger partial charge in [0.15, 0.2) is 0 Å². The minimum atomic E-state index is -0.0889. The van der Waals surface area contributed by atoms with E-state index >= 15 is 0 Å². The van der Waals surface area contributed by atoms with Crippen LogP contribution in [0.5, 0.6) is 11.5 Å². The maximum Gasteiger partial charge on any atom is 0.128 e. The molecule has 0 saturated carbocycles. The van der Waals surface area contributed by atoms with Gasteiger partial charge in [-0.05, 0) is 61.9 Å². The molecule has 181 valence electrons. The first-order valence-corrected chi connectivity index (χ1v) is 12.7. The van der Waals surface area contributed by atoms with Gasteiger partial charge in [-0.2, -0.15) is 0 Å². The maximum absolute atomic E-state index is 6.59. The van der Waals surface area contributed by atoms with Gasteiger partial charge >= 0.3 is 0 Å². The van der Waals surface area contributed by atoms with Gasteiger partial charge in [-0.25, -0.2) is 0 Å². The second-order valence-electron chi connectivity index (χ2n) is 9.30. The van der Waals surface area contributed by atoms with Gasteiger partial charge in [0.1, 0.15) is 17.6 Å². The third kappa shape index (κ3) is 6.11. The third-order valence-electron chi connectivity index (χ3n) is 6.57. The zero-order valence-corrected chi connectivity index (χ0v) is 20.7. The Balaban J connectivity index is 1.44. The number of benzene rings is 3. The van der Waals surface area contributed by atoms with Gasteiger partial charge in [-0.15, -0.1) is 0 Å². The maximum atomic E-state index is 6.59. The normalized spacial score (nSPS) is 15.5. The van der Waals surface area contributed by atoms with Gasteiger partial charge in [0.05, 0.1) is 19.8 Å². The quantitative estimate of drug-likeness (QED) is 0.295. The summed E-state index contributed by atoms with van der Waals surface area (Å²) in [5.41, 5.74) is 2.54. The fraction of sp³-hybridized carbons (Fsp3) is 0.433. The predicted octanol–water partition coefficient (Wildman–Crippen LogP) is 6.80. The molecule has 4 nitrogen and oxygen atoms in total. The van der Waals surface area contributed by atoms with Crippen molar-refractivity contribution >= 4 is 10.8 Å². The highest BCUT2D eigenvalue weighted by Gasteiger charge is 2.18. The number of morpholine rings is 1. The number of hydrogen-bond acceptors (Lipinski definition) is 4. The first-order chi connectivity index (χ1) is 16.7. The smallest absolute Gasteiger partial charge is 0.128 e. The SMILES string of the molecule is [CH2]CC(Oc1cccc2c(OCCCCN3CCOCC3)cccc12)c1ccccc1C(C)C. The summed E-state index contributed by atoms with van der Waals surface area (Å²) in [6.07, 6.45) is 2.76. The average Bonchev–Trinajstić information content (AvgIpc) is 2.88. The van der Waals surface area contributed by atoms with Gasteiger partial charge < -0.3 is 14.2 Å². The number of unbranched alkanes of at least 4 members (excludes halogenated alkanes) is 1. The van der Waals surface area contributed by atoms with Crippen molar-refractivity contribution < 1.29 is 14.2 Å². The topological polar surface area (TPSA) is 30.9 Å². The molecule has 1 heterocycles. The summed E-state index contributed by atoms with van der Waals surface area (Å²) in [5.74, 6) is 2.23. The Bertz CT molecular complexity index is 1040. The Morgan fingerprint density at radius 2 is 1.53 bits per heavy atom. The Labute approximate surface area is 204 Å². The van der Waals surface area contributed by atoms with Gasteiger partial charge in [-0.3, -0.25) is 4.90 Å². The summed E-state index contributed by atoms with van der Waals surface area (Å²) >= 11 is 0. The zero-order valence-electron chi connectivity index (χ0n) is 20.7. The lowest BCUT2D eigenvalue weighted by Gasteiger charge is -2.26. The van der Waals surface area contributed by atoms with E-state index in [0.717, 1.165) is 74.6 Å². The molecule has 1 saturated heterocycles. The van der Waals surface area contributed by atoms with Crippen LogP contribution in [-0.2, 0) is 4.74 Å². The lowest BCUT2D eigenvalue weighted by Crippen LogP contribution is -2.36. The van der Waals surface area contributed by atoms with Crippen molar-refractivity contribution in [2.75, 3.05) is 39.5 Å². The molecule has 1 fully saturated rings. The molecule has 1 unspecified atom stereocenters. The second-order valence-corrected chi connectivity index (χ2v) is 9.30. The summed E-state index contributed by atoms with van der Waals surface area (Å²) in [7, 11) is 0. The van der Waals surface area contributed by atoms with E-state index in [1.165, 1.54) is 11.1 Å². The molecule has 4 heteroatoms. The number of hydrogen-bond donors (Lipinski definition) is 0. The molecular weight excluding hydrogens is 422 g/mol. The average molecular weight is 461 g/mol. The summed E-state index contributed by atoms with van der Waals surface area (Å²) in [6.45, 7) is 14.3. The monoisotopic (exact) mass is 460 g/mol. The Hall–Kier alpha value is -2.56. The van der Waals surface area contributed by atoms with E-state index in [4.69, 9.17) is 14.2 Å². The van der Waals surface area contributed by atoms with E-state index in [1.54, 1.807) is 0 Å². The van der Waals surface area contributed by atoms with Crippen molar-refractivity contribution in [3.8, 4) is 11.5 Å². The summed E-state index contributed by atoms with van der Waals surface area (Å²) in [4.78, 5) is 2.47. The molecule has 1 aliphatic rings. The van der Waals surface area contributed by atoms with Crippen molar-refractivity contribution in [1.82, 2.24) is 4.90 Å². The van der Waals surface area contributed by atoms with Crippen LogP contribution in [0.2, 0.25) is 0 Å². The molecule has 1 atom stereocenters. The minimum Gasteiger partial charge on any atom is -0.493 e.